The van der Waals surface area contributed by atoms with Crippen LogP contribution in [0.1, 0.15) is 37.0 Å². The highest BCUT2D eigenvalue weighted by atomic mass is 32.2. The molecule has 2 aromatic rings. The highest BCUT2D eigenvalue weighted by Gasteiger charge is 2.09. The van der Waals surface area contributed by atoms with E-state index in [1.54, 1.807) is 11.8 Å². The van der Waals surface area contributed by atoms with Crippen LogP contribution in [0.15, 0.2) is 33.7 Å². The molecule has 1 aromatic carbocycles. The molecule has 1 aromatic heterocycles. The molecular weight excluding hydrogens is 258 g/mol. The van der Waals surface area contributed by atoms with Crippen LogP contribution in [0, 0.1) is 0 Å². The quantitative estimate of drug-likeness (QED) is 0.822. The van der Waals surface area contributed by atoms with E-state index in [1.807, 2.05) is 7.05 Å². The molecule has 2 rings (SSSR count). The Labute approximate surface area is 118 Å². The van der Waals surface area contributed by atoms with Crippen LogP contribution in [-0.4, -0.2) is 17.2 Å². The second-order valence-electron chi connectivity index (χ2n) is 4.66. The zero-order valence-electron chi connectivity index (χ0n) is 11.5. The van der Waals surface area contributed by atoms with Gasteiger partial charge in [0.25, 0.3) is 0 Å². The summed E-state index contributed by atoms with van der Waals surface area (Å²) in [6, 6.07) is 8.51. The molecule has 0 aliphatic heterocycles. The average Bonchev–Trinajstić information content (AvgIpc) is 2.87. The van der Waals surface area contributed by atoms with Crippen LogP contribution in [0.3, 0.4) is 0 Å². The van der Waals surface area contributed by atoms with Crippen molar-refractivity contribution < 1.29 is 4.52 Å². The number of nitrogens with zero attached hydrogens (tertiary/aromatic N) is 2. The lowest BCUT2D eigenvalue weighted by Gasteiger charge is -2.02. The van der Waals surface area contributed by atoms with Crippen molar-refractivity contribution in [3.05, 3.63) is 41.5 Å². The van der Waals surface area contributed by atoms with Gasteiger partial charge >= 0.3 is 0 Å². The van der Waals surface area contributed by atoms with E-state index in [0.29, 0.717) is 17.6 Å². The van der Waals surface area contributed by atoms with Gasteiger partial charge in [-0.25, -0.2) is 0 Å². The molecule has 0 bridgehead atoms. The third-order valence-electron chi connectivity index (χ3n) is 2.67. The summed E-state index contributed by atoms with van der Waals surface area (Å²) in [6.07, 6.45) is 0. The Hall–Kier alpha value is -1.33. The van der Waals surface area contributed by atoms with Crippen LogP contribution in [0.2, 0.25) is 0 Å². The van der Waals surface area contributed by atoms with E-state index in [1.165, 1.54) is 10.5 Å². The van der Waals surface area contributed by atoms with E-state index in [9.17, 15) is 0 Å². The molecule has 0 unspecified atom stereocenters. The second-order valence-corrected chi connectivity index (χ2v) is 5.71. The molecule has 0 atom stereocenters. The number of benzene rings is 1. The van der Waals surface area contributed by atoms with Gasteiger partial charge < -0.3 is 9.84 Å². The molecule has 0 saturated carbocycles. The number of nitrogens with one attached hydrogen (secondary N) is 1. The molecule has 0 fully saturated rings. The monoisotopic (exact) mass is 277 g/mol. The molecule has 1 N–H and O–H groups in total. The fourth-order valence-corrected chi connectivity index (χ4v) is 2.35. The summed E-state index contributed by atoms with van der Waals surface area (Å²) < 4.78 is 5.22. The third kappa shape index (κ3) is 4.08. The summed E-state index contributed by atoms with van der Waals surface area (Å²) in [5, 5.41) is 7.09. The Morgan fingerprint density at radius 1 is 1.26 bits per heavy atom. The second kappa shape index (κ2) is 6.73. The number of rotatable bonds is 6. The Balaban J connectivity index is 1.90. The summed E-state index contributed by atoms with van der Waals surface area (Å²) in [4.78, 5) is 5.58. The van der Waals surface area contributed by atoms with E-state index < -0.39 is 0 Å². The first kappa shape index (κ1) is 14.1. The molecule has 1 heterocycles. The predicted octanol–water partition coefficient (Wildman–Crippen LogP) is 3.20. The molecular formula is C14H19N3OS. The van der Waals surface area contributed by atoms with Crippen molar-refractivity contribution in [2.24, 2.45) is 0 Å². The van der Waals surface area contributed by atoms with Crippen LogP contribution < -0.4 is 5.32 Å². The Morgan fingerprint density at radius 3 is 2.58 bits per heavy atom. The molecule has 0 aliphatic carbocycles. The maximum atomic E-state index is 5.22. The van der Waals surface area contributed by atoms with Crippen LogP contribution >= 0.6 is 11.8 Å². The maximum Gasteiger partial charge on any atom is 0.237 e. The van der Waals surface area contributed by atoms with E-state index in [2.05, 4.69) is 53.6 Å². The molecule has 0 radical (unpaired) electrons. The van der Waals surface area contributed by atoms with Crippen molar-refractivity contribution in [1.29, 1.82) is 0 Å². The topological polar surface area (TPSA) is 51.0 Å². The zero-order chi connectivity index (χ0) is 13.7. The van der Waals surface area contributed by atoms with Crippen LogP contribution in [-0.2, 0) is 12.3 Å². The van der Waals surface area contributed by atoms with Gasteiger partial charge in [-0.2, -0.15) is 4.98 Å². The molecule has 4 nitrogen and oxygen atoms in total. The van der Waals surface area contributed by atoms with Crippen molar-refractivity contribution in [2.45, 2.75) is 37.0 Å². The van der Waals surface area contributed by atoms with Gasteiger partial charge in [-0.3, -0.25) is 0 Å². The number of aromatic nitrogens is 2. The zero-order valence-corrected chi connectivity index (χ0v) is 12.3. The summed E-state index contributed by atoms with van der Waals surface area (Å²) >= 11 is 1.71. The summed E-state index contributed by atoms with van der Waals surface area (Å²) in [6.45, 7) is 5.01. The van der Waals surface area contributed by atoms with Gasteiger partial charge in [-0.1, -0.05) is 31.1 Å². The number of hydrogen-bond donors (Lipinski definition) is 1. The largest absolute Gasteiger partial charge is 0.338 e. The van der Waals surface area contributed by atoms with Crippen LogP contribution in [0.4, 0.5) is 0 Å². The van der Waals surface area contributed by atoms with Crippen LogP contribution in [0.25, 0.3) is 0 Å². The first-order valence-corrected chi connectivity index (χ1v) is 7.36. The fraction of sp³-hybridized carbons (Fsp3) is 0.429. The number of hydrogen-bond acceptors (Lipinski definition) is 5. The van der Waals surface area contributed by atoms with Crippen molar-refractivity contribution in [2.75, 3.05) is 7.05 Å². The number of thioether (sulfide) groups is 1. The first-order valence-electron chi connectivity index (χ1n) is 6.38. The minimum absolute atomic E-state index is 0.309. The highest BCUT2D eigenvalue weighted by molar-refractivity contribution is 7.98. The van der Waals surface area contributed by atoms with E-state index in [0.717, 1.165) is 12.4 Å². The standard InChI is InChI=1S/C14H19N3OS/c1-10(2)14-16-13(18-17-14)9-19-12-6-4-11(5-7-12)8-15-3/h4-7,10,15H,8-9H2,1-3H3. The van der Waals surface area contributed by atoms with Gasteiger partial charge in [0.15, 0.2) is 5.82 Å². The van der Waals surface area contributed by atoms with Crippen molar-refractivity contribution in [1.82, 2.24) is 15.5 Å². The van der Waals surface area contributed by atoms with Gasteiger partial charge in [0.05, 0.1) is 5.75 Å². The van der Waals surface area contributed by atoms with Crippen molar-refractivity contribution in [3.63, 3.8) is 0 Å². The SMILES string of the molecule is CNCc1ccc(SCc2nc(C(C)C)no2)cc1. The lowest BCUT2D eigenvalue weighted by atomic mass is 10.2. The maximum absolute atomic E-state index is 5.22. The Morgan fingerprint density at radius 2 is 2.00 bits per heavy atom. The molecule has 0 aliphatic rings. The smallest absolute Gasteiger partial charge is 0.237 e. The normalized spacial score (nSPS) is 11.2. The lowest BCUT2D eigenvalue weighted by molar-refractivity contribution is 0.383. The van der Waals surface area contributed by atoms with E-state index in [4.69, 9.17) is 4.52 Å². The molecule has 0 amide bonds. The molecule has 0 spiro atoms. The molecule has 102 valence electrons. The average molecular weight is 277 g/mol. The summed E-state index contributed by atoms with van der Waals surface area (Å²) in [5.74, 6) is 2.49. The third-order valence-corrected chi connectivity index (χ3v) is 3.66. The van der Waals surface area contributed by atoms with Crippen molar-refractivity contribution >= 4 is 11.8 Å². The minimum Gasteiger partial charge on any atom is -0.338 e. The van der Waals surface area contributed by atoms with Crippen molar-refractivity contribution in [3.8, 4) is 0 Å². The molecule has 5 heteroatoms. The summed E-state index contributed by atoms with van der Waals surface area (Å²) in [5.41, 5.74) is 1.28. The van der Waals surface area contributed by atoms with E-state index in [-0.39, 0.29) is 0 Å². The van der Waals surface area contributed by atoms with Gasteiger partial charge in [0.2, 0.25) is 5.89 Å². The van der Waals surface area contributed by atoms with Gasteiger partial charge in [0.1, 0.15) is 0 Å². The lowest BCUT2D eigenvalue weighted by Crippen LogP contribution is -2.04. The molecule has 19 heavy (non-hydrogen) atoms. The molecule has 0 saturated heterocycles. The van der Waals surface area contributed by atoms with Gasteiger partial charge in [0, 0.05) is 17.4 Å². The fourth-order valence-electron chi connectivity index (χ4n) is 1.61. The highest BCUT2D eigenvalue weighted by Crippen LogP contribution is 2.23. The predicted molar refractivity (Wildman–Crippen MR) is 77.2 cm³/mol. The van der Waals surface area contributed by atoms with Crippen LogP contribution in [0.5, 0.6) is 0 Å². The van der Waals surface area contributed by atoms with E-state index >= 15 is 0 Å². The minimum atomic E-state index is 0.309. The Kier molecular flexibility index (Phi) is 4.99. The first-order chi connectivity index (χ1) is 9.19. The van der Waals surface area contributed by atoms with Gasteiger partial charge in [-0.05, 0) is 24.7 Å². The summed E-state index contributed by atoms with van der Waals surface area (Å²) in [7, 11) is 1.95. The van der Waals surface area contributed by atoms with Gasteiger partial charge in [-0.15, -0.1) is 11.8 Å². The Bertz CT molecular complexity index is 508.